The van der Waals surface area contributed by atoms with Crippen LogP contribution in [0, 0.1) is 6.92 Å². The van der Waals surface area contributed by atoms with E-state index in [9.17, 15) is 0 Å². The van der Waals surface area contributed by atoms with Crippen LogP contribution in [0.1, 0.15) is 42.4 Å². The third kappa shape index (κ3) is 1.69. The summed E-state index contributed by atoms with van der Waals surface area (Å²) in [5.41, 5.74) is 10.4. The standard InChI is InChI=1S/C13H19N/c1-9-6-7-13-11(8-9)4-3-5-12(13)10(2)14/h6-8,10,12H,3-5,14H2,1-2H3. The molecule has 2 N–H and O–H groups in total. The molecule has 0 bridgehead atoms. The molecule has 0 amide bonds. The summed E-state index contributed by atoms with van der Waals surface area (Å²) in [6, 6.07) is 7.10. The summed E-state index contributed by atoms with van der Waals surface area (Å²) in [5, 5.41) is 0. The number of rotatable bonds is 1. The molecule has 0 heterocycles. The van der Waals surface area contributed by atoms with Gasteiger partial charge >= 0.3 is 0 Å². The summed E-state index contributed by atoms with van der Waals surface area (Å²) in [5.74, 6) is 0.583. The van der Waals surface area contributed by atoms with Crippen molar-refractivity contribution in [1.82, 2.24) is 0 Å². The first-order valence-electron chi connectivity index (χ1n) is 5.53. The van der Waals surface area contributed by atoms with E-state index in [0.717, 1.165) is 0 Å². The van der Waals surface area contributed by atoms with E-state index in [-0.39, 0.29) is 6.04 Å². The molecule has 0 aromatic heterocycles. The Balaban J connectivity index is 2.40. The minimum Gasteiger partial charge on any atom is -0.327 e. The van der Waals surface area contributed by atoms with Gasteiger partial charge in [-0.3, -0.25) is 0 Å². The predicted octanol–water partition coefficient (Wildman–Crippen LogP) is 2.76. The number of hydrogen-bond donors (Lipinski definition) is 1. The Morgan fingerprint density at radius 2 is 2.21 bits per heavy atom. The molecule has 1 aliphatic rings. The zero-order chi connectivity index (χ0) is 10.1. The van der Waals surface area contributed by atoms with E-state index in [4.69, 9.17) is 5.73 Å². The molecule has 0 saturated carbocycles. The van der Waals surface area contributed by atoms with Crippen LogP contribution >= 0.6 is 0 Å². The van der Waals surface area contributed by atoms with E-state index in [1.54, 1.807) is 0 Å². The van der Waals surface area contributed by atoms with Crippen molar-refractivity contribution in [2.45, 2.75) is 45.1 Å². The lowest BCUT2D eigenvalue weighted by Gasteiger charge is -2.28. The molecule has 0 aliphatic heterocycles. The molecule has 1 aromatic carbocycles. The van der Waals surface area contributed by atoms with Crippen molar-refractivity contribution in [2.75, 3.05) is 0 Å². The van der Waals surface area contributed by atoms with Gasteiger partial charge in [0.2, 0.25) is 0 Å². The van der Waals surface area contributed by atoms with Crippen molar-refractivity contribution in [3.8, 4) is 0 Å². The molecule has 2 rings (SSSR count). The second kappa shape index (κ2) is 3.74. The summed E-state index contributed by atoms with van der Waals surface area (Å²) in [7, 11) is 0. The number of benzene rings is 1. The van der Waals surface area contributed by atoms with Gasteiger partial charge in [-0.25, -0.2) is 0 Å². The highest BCUT2D eigenvalue weighted by Gasteiger charge is 2.22. The molecular formula is C13H19N. The second-order valence-corrected chi connectivity index (χ2v) is 4.56. The molecule has 2 unspecified atom stereocenters. The van der Waals surface area contributed by atoms with E-state index in [0.29, 0.717) is 5.92 Å². The molecule has 1 aromatic rings. The molecule has 0 radical (unpaired) electrons. The van der Waals surface area contributed by atoms with Crippen LogP contribution in [-0.4, -0.2) is 6.04 Å². The van der Waals surface area contributed by atoms with E-state index < -0.39 is 0 Å². The summed E-state index contributed by atoms with van der Waals surface area (Å²) >= 11 is 0. The van der Waals surface area contributed by atoms with Gasteiger partial charge in [-0.15, -0.1) is 0 Å². The maximum atomic E-state index is 6.02. The normalized spacial score (nSPS) is 22.9. The number of aryl methyl sites for hydroxylation is 2. The van der Waals surface area contributed by atoms with Crippen molar-refractivity contribution >= 4 is 0 Å². The zero-order valence-corrected chi connectivity index (χ0v) is 9.09. The lowest BCUT2D eigenvalue weighted by atomic mass is 9.79. The summed E-state index contributed by atoms with van der Waals surface area (Å²) in [6.45, 7) is 4.29. The first-order valence-corrected chi connectivity index (χ1v) is 5.53. The Labute approximate surface area is 86.3 Å². The number of nitrogens with two attached hydrogens (primary N) is 1. The van der Waals surface area contributed by atoms with E-state index in [2.05, 4.69) is 32.0 Å². The fraction of sp³-hybridized carbons (Fsp3) is 0.538. The maximum Gasteiger partial charge on any atom is 0.00794 e. The molecule has 0 fully saturated rings. The van der Waals surface area contributed by atoms with Crippen molar-refractivity contribution < 1.29 is 0 Å². The highest BCUT2D eigenvalue weighted by Crippen LogP contribution is 2.33. The van der Waals surface area contributed by atoms with Crippen LogP contribution in [0.15, 0.2) is 18.2 Å². The molecule has 0 spiro atoms. The van der Waals surface area contributed by atoms with Gasteiger partial charge in [-0.05, 0) is 50.2 Å². The Kier molecular flexibility index (Phi) is 2.60. The van der Waals surface area contributed by atoms with Crippen LogP contribution in [0.3, 0.4) is 0 Å². The third-order valence-corrected chi connectivity index (χ3v) is 3.29. The molecule has 76 valence electrons. The van der Waals surface area contributed by atoms with Gasteiger partial charge < -0.3 is 5.73 Å². The Hall–Kier alpha value is -0.820. The quantitative estimate of drug-likeness (QED) is 0.722. The van der Waals surface area contributed by atoms with Gasteiger partial charge in [0, 0.05) is 6.04 Å². The molecule has 14 heavy (non-hydrogen) atoms. The van der Waals surface area contributed by atoms with E-state index in [1.165, 1.54) is 36.0 Å². The Morgan fingerprint density at radius 3 is 2.93 bits per heavy atom. The lowest BCUT2D eigenvalue weighted by Crippen LogP contribution is -2.27. The largest absolute Gasteiger partial charge is 0.327 e. The van der Waals surface area contributed by atoms with Crippen molar-refractivity contribution in [2.24, 2.45) is 5.73 Å². The van der Waals surface area contributed by atoms with Crippen LogP contribution in [-0.2, 0) is 6.42 Å². The SMILES string of the molecule is Cc1ccc2c(c1)CCCC2C(C)N. The van der Waals surface area contributed by atoms with Gasteiger partial charge in [0.25, 0.3) is 0 Å². The maximum absolute atomic E-state index is 6.02. The van der Waals surface area contributed by atoms with Crippen LogP contribution in [0.25, 0.3) is 0 Å². The minimum absolute atomic E-state index is 0.289. The van der Waals surface area contributed by atoms with Crippen LogP contribution < -0.4 is 5.73 Å². The highest BCUT2D eigenvalue weighted by atomic mass is 14.6. The van der Waals surface area contributed by atoms with Crippen LogP contribution in [0.5, 0.6) is 0 Å². The lowest BCUT2D eigenvalue weighted by molar-refractivity contribution is 0.485. The average Bonchev–Trinajstić information content (AvgIpc) is 2.16. The predicted molar refractivity (Wildman–Crippen MR) is 60.5 cm³/mol. The molecular weight excluding hydrogens is 170 g/mol. The molecule has 0 saturated heterocycles. The molecule has 1 heteroatoms. The Bertz CT molecular complexity index is 328. The monoisotopic (exact) mass is 189 g/mol. The van der Waals surface area contributed by atoms with Gasteiger partial charge in [0.15, 0.2) is 0 Å². The summed E-state index contributed by atoms with van der Waals surface area (Å²) < 4.78 is 0. The first-order chi connectivity index (χ1) is 6.68. The topological polar surface area (TPSA) is 26.0 Å². The van der Waals surface area contributed by atoms with Gasteiger partial charge in [0.1, 0.15) is 0 Å². The van der Waals surface area contributed by atoms with Crippen molar-refractivity contribution in [1.29, 1.82) is 0 Å². The van der Waals surface area contributed by atoms with Crippen molar-refractivity contribution in [3.63, 3.8) is 0 Å². The number of fused-ring (bicyclic) bond motifs is 1. The van der Waals surface area contributed by atoms with Gasteiger partial charge in [-0.2, -0.15) is 0 Å². The zero-order valence-electron chi connectivity index (χ0n) is 9.09. The minimum atomic E-state index is 0.289. The van der Waals surface area contributed by atoms with Crippen LogP contribution in [0.2, 0.25) is 0 Å². The number of hydrogen-bond acceptors (Lipinski definition) is 1. The smallest absolute Gasteiger partial charge is 0.00794 e. The van der Waals surface area contributed by atoms with E-state index in [1.807, 2.05) is 0 Å². The average molecular weight is 189 g/mol. The molecule has 1 nitrogen and oxygen atoms in total. The van der Waals surface area contributed by atoms with Gasteiger partial charge in [-0.1, -0.05) is 23.8 Å². The molecule has 1 aliphatic carbocycles. The van der Waals surface area contributed by atoms with E-state index >= 15 is 0 Å². The first kappa shape index (κ1) is 9.72. The third-order valence-electron chi connectivity index (χ3n) is 3.29. The highest BCUT2D eigenvalue weighted by molar-refractivity contribution is 5.36. The Morgan fingerprint density at radius 1 is 1.43 bits per heavy atom. The molecule has 2 atom stereocenters. The summed E-state index contributed by atoms with van der Waals surface area (Å²) in [6.07, 6.45) is 3.79. The fourth-order valence-electron chi connectivity index (χ4n) is 2.53. The fourth-order valence-corrected chi connectivity index (χ4v) is 2.53. The van der Waals surface area contributed by atoms with Crippen LogP contribution in [0.4, 0.5) is 0 Å². The summed E-state index contributed by atoms with van der Waals surface area (Å²) in [4.78, 5) is 0. The van der Waals surface area contributed by atoms with Crippen molar-refractivity contribution in [3.05, 3.63) is 34.9 Å². The second-order valence-electron chi connectivity index (χ2n) is 4.56. The van der Waals surface area contributed by atoms with Gasteiger partial charge in [0.05, 0.1) is 0 Å².